The molecule has 2 aliphatic heterocycles. The second-order valence-corrected chi connectivity index (χ2v) is 6.52. The van der Waals surface area contributed by atoms with E-state index in [1.807, 2.05) is 6.07 Å². The van der Waals surface area contributed by atoms with Crippen LogP contribution < -0.4 is 16.0 Å². The molecule has 2 aliphatic rings. The van der Waals surface area contributed by atoms with Crippen LogP contribution in [0.5, 0.6) is 0 Å². The lowest BCUT2D eigenvalue weighted by Crippen LogP contribution is -2.45. The number of rotatable bonds is 3. The first-order valence-electron chi connectivity index (χ1n) is 8.43. The number of urea groups is 2. The van der Waals surface area contributed by atoms with Crippen LogP contribution in [0.2, 0.25) is 0 Å². The predicted molar refractivity (Wildman–Crippen MR) is 94.3 cm³/mol. The number of nitrogens with two attached hydrogens (primary N) is 1. The monoisotopic (exact) mass is 345 g/mol. The van der Waals surface area contributed by atoms with E-state index in [4.69, 9.17) is 5.73 Å². The molecule has 134 valence electrons. The second kappa shape index (κ2) is 7.00. The standard InChI is InChI=1S/C17H23N5O3/c1-20-8-9-22(17(20)25)14-6-2-5-13(10-14)19-16(24)21-7-3-4-12(11-21)15(18)23/h2,5-6,10,12H,3-4,7-9,11H2,1H3,(H2,18,23)(H,19,24)/t12-/m1/s1. The summed E-state index contributed by atoms with van der Waals surface area (Å²) in [5.41, 5.74) is 6.72. The van der Waals surface area contributed by atoms with Crippen LogP contribution in [0.25, 0.3) is 0 Å². The van der Waals surface area contributed by atoms with Gasteiger partial charge in [0.05, 0.1) is 5.92 Å². The molecule has 0 radical (unpaired) electrons. The third kappa shape index (κ3) is 3.67. The van der Waals surface area contributed by atoms with Crippen molar-refractivity contribution < 1.29 is 14.4 Å². The number of benzene rings is 1. The van der Waals surface area contributed by atoms with Gasteiger partial charge in [-0.2, -0.15) is 0 Å². The van der Waals surface area contributed by atoms with Gasteiger partial charge >= 0.3 is 12.1 Å². The van der Waals surface area contributed by atoms with Crippen molar-refractivity contribution >= 4 is 29.3 Å². The molecule has 3 N–H and O–H groups in total. The first-order chi connectivity index (χ1) is 12.0. The fraction of sp³-hybridized carbons (Fsp3) is 0.471. The van der Waals surface area contributed by atoms with Gasteiger partial charge in [0, 0.05) is 44.6 Å². The lowest BCUT2D eigenvalue weighted by atomic mass is 9.98. The van der Waals surface area contributed by atoms with Crippen molar-refractivity contribution in [1.82, 2.24) is 9.80 Å². The summed E-state index contributed by atoms with van der Waals surface area (Å²) < 4.78 is 0. The molecule has 8 heteroatoms. The highest BCUT2D eigenvalue weighted by Crippen LogP contribution is 2.24. The minimum absolute atomic E-state index is 0.0520. The van der Waals surface area contributed by atoms with Gasteiger partial charge in [0.2, 0.25) is 5.91 Å². The number of carbonyl (C=O) groups is 3. The Hall–Kier alpha value is -2.77. The lowest BCUT2D eigenvalue weighted by Gasteiger charge is -2.31. The quantitative estimate of drug-likeness (QED) is 0.863. The Bertz CT molecular complexity index is 693. The zero-order valence-electron chi connectivity index (χ0n) is 14.3. The molecule has 0 spiro atoms. The van der Waals surface area contributed by atoms with Crippen LogP contribution in [0.1, 0.15) is 12.8 Å². The third-order valence-corrected chi connectivity index (χ3v) is 4.74. The molecule has 0 unspecified atom stereocenters. The Kier molecular flexibility index (Phi) is 4.78. The summed E-state index contributed by atoms with van der Waals surface area (Å²) in [7, 11) is 1.76. The van der Waals surface area contributed by atoms with Crippen LogP contribution in [0.4, 0.5) is 21.0 Å². The van der Waals surface area contributed by atoms with Crippen molar-refractivity contribution in [3.63, 3.8) is 0 Å². The summed E-state index contributed by atoms with van der Waals surface area (Å²) in [5.74, 6) is -0.653. The fourth-order valence-corrected chi connectivity index (χ4v) is 3.23. The van der Waals surface area contributed by atoms with E-state index in [0.717, 1.165) is 18.5 Å². The zero-order valence-corrected chi connectivity index (χ0v) is 14.3. The molecule has 2 saturated heterocycles. The van der Waals surface area contributed by atoms with E-state index in [1.165, 1.54) is 0 Å². The number of likely N-dealkylation sites (N-methyl/N-ethyl adjacent to an activating group) is 1. The average Bonchev–Trinajstić information content (AvgIpc) is 2.94. The van der Waals surface area contributed by atoms with E-state index >= 15 is 0 Å². The number of primary amides is 1. The number of carbonyl (C=O) groups excluding carboxylic acids is 3. The number of likely N-dealkylation sites (tertiary alicyclic amines) is 1. The molecule has 0 saturated carbocycles. The van der Waals surface area contributed by atoms with E-state index in [0.29, 0.717) is 31.9 Å². The van der Waals surface area contributed by atoms with Gasteiger partial charge in [-0.1, -0.05) is 6.07 Å². The smallest absolute Gasteiger partial charge is 0.324 e. The van der Waals surface area contributed by atoms with E-state index < -0.39 is 0 Å². The summed E-state index contributed by atoms with van der Waals surface area (Å²) in [6, 6.07) is 6.90. The number of hydrogen-bond acceptors (Lipinski definition) is 3. The number of nitrogens with zero attached hydrogens (tertiary/aromatic N) is 3. The molecule has 0 aromatic heterocycles. The summed E-state index contributed by atoms with van der Waals surface area (Å²) in [6.45, 7) is 2.25. The van der Waals surface area contributed by atoms with Gasteiger partial charge in [-0.15, -0.1) is 0 Å². The van der Waals surface area contributed by atoms with Crippen molar-refractivity contribution in [3.8, 4) is 0 Å². The highest BCUT2D eigenvalue weighted by Gasteiger charge is 2.28. The summed E-state index contributed by atoms with van der Waals surface area (Å²) in [6.07, 6.45) is 1.48. The second-order valence-electron chi connectivity index (χ2n) is 6.52. The maximum atomic E-state index is 12.5. The number of anilines is 2. The van der Waals surface area contributed by atoms with E-state index in [-0.39, 0.29) is 23.9 Å². The van der Waals surface area contributed by atoms with Gasteiger partial charge in [0.1, 0.15) is 0 Å². The molecule has 5 amide bonds. The largest absolute Gasteiger partial charge is 0.369 e. The highest BCUT2D eigenvalue weighted by atomic mass is 16.2. The first kappa shape index (κ1) is 17.1. The average molecular weight is 345 g/mol. The van der Waals surface area contributed by atoms with Crippen LogP contribution >= 0.6 is 0 Å². The molecule has 2 heterocycles. The summed E-state index contributed by atoms with van der Waals surface area (Å²) in [5, 5.41) is 2.84. The van der Waals surface area contributed by atoms with Gasteiger partial charge in [-0.05, 0) is 31.0 Å². The molecule has 1 aromatic rings. The molecule has 2 fully saturated rings. The van der Waals surface area contributed by atoms with E-state index in [2.05, 4.69) is 5.32 Å². The molecule has 1 aromatic carbocycles. The molecule has 1 atom stereocenters. The van der Waals surface area contributed by atoms with Gasteiger partial charge in [0.25, 0.3) is 0 Å². The van der Waals surface area contributed by atoms with Crippen molar-refractivity contribution in [3.05, 3.63) is 24.3 Å². The van der Waals surface area contributed by atoms with Crippen molar-refractivity contribution in [2.45, 2.75) is 12.8 Å². The number of nitrogens with one attached hydrogen (secondary N) is 1. The number of hydrogen-bond donors (Lipinski definition) is 2. The normalized spacial score (nSPS) is 20.8. The van der Waals surface area contributed by atoms with Crippen molar-refractivity contribution in [2.24, 2.45) is 11.7 Å². The van der Waals surface area contributed by atoms with Crippen molar-refractivity contribution in [1.29, 1.82) is 0 Å². The lowest BCUT2D eigenvalue weighted by molar-refractivity contribution is -0.123. The Morgan fingerprint density at radius 2 is 2.04 bits per heavy atom. The molecule has 0 aliphatic carbocycles. The van der Waals surface area contributed by atoms with Gasteiger partial charge in [0.15, 0.2) is 0 Å². The fourth-order valence-electron chi connectivity index (χ4n) is 3.23. The Morgan fingerprint density at radius 3 is 2.72 bits per heavy atom. The SMILES string of the molecule is CN1CCN(c2cccc(NC(=O)N3CCC[C@@H](C(N)=O)C3)c2)C1=O. The summed E-state index contributed by atoms with van der Waals surface area (Å²) >= 11 is 0. The minimum Gasteiger partial charge on any atom is -0.369 e. The Balaban J connectivity index is 1.67. The topological polar surface area (TPSA) is 99.0 Å². The van der Waals surface area contributed by atoms with Crippen LogP contribution in [0, 0.1) is 5.92 Å². The van der Waals surface area contributed by atoms with Crippen LogP contribution in [0.15, 0.2) is 24.3 Å². The maximum Gasteiger partial charge on any atom is 0.324 e. The van der Waals surface area contributed by atoms with Gasteiger partial charge in [-0.25, -0.2) is 9.59 Å². The molecule has 8 nitrogen and oxygen atoms in total. The first-order valence-corrected chi connectivity index (χ1v) is 8.43. The Morgan fingerprint density at radius 1 is 1.24 bits per heavy atom. The molecule has 25 heavy (non-hydrogen) atoms. The third-order valence-electron chi connectivity index (χ3n) is 4.74. The zero-order chi connectivity index (χ0) is 18.0. The van der Waals surface area contributed by atoms with E-state index in [9.17, 15) is 14.4 Å². The minimum atomic E-state index is -0.365. The highest BCUT2D eigenvalue weighted by molar-refractivity contribution is 5.96. The Labute approximate surface area is 146 Å². The number of piperidine rings is 1. The van der Waals surface area contributed by atoms with E-state index in [1.54, 1.807) is 39.9 Å². The van der Waals surface area contributed by atoms with Crippen LogP contribution in [0.3, 0.4) is 0 Å². The molecule has 0 bridgehead atoms. The van der Waals surface area contributed by atoms with Gasteiger partial charge < -0.3 is 20.9 Å². The predicted octanol–water partition coefficient (Wildman–Crippen LogP) is 1.29. The maximum absolute atomic E-state index is 12.5. The van der Waals surface area contributed by atoms with Crippen LogP contribution in [-0.2, 0) is 4.79 Å². The number of amides is 5. The molecular formula is C17H23N5O3. The van der Waals surface area contributed by atoms with Crippen molar-refractivity contribution in [2.75, 3.05) is 43.4 Å². The molecular weight excluding hydrogens is 322 g/mol. The van der Waals surface area contributed by atoms with Crippen LogP contribution in [-0.4, -0.2) is 61.0 Å². The van der Waals surface area contributed by atoms with Gasteiger partial charge in [-0.3, -0.25) is 9.69 Å². The summed E-state index contributed by atoms with van der Waals surface area (Å²) in [4.78, 5) is 40.9. The molecule has 3 rings (SSSR count).